The number of nitrogens with zero attached hydrogens (tertiary/aromatic N) is 1. The summed E-state index contributed by atoms with van der Waals surface area (Å²) < 4.78 is 5.65. The summed E-state index contributed by atoms with van der Waals surface area (Å²) in [7, 11) is 0. The molecule has 17 heavy (non-hydrogen) atoms. The Morgan fingerprint density at radius 1 is 1.00 bits per heavy atom. The van der Waals surface area contributed by atoms with Crippen molar-refractivity contribution in [1.29, 1.82) is 0 Å². The van der Waals surface area contributed by atoms with Crippen molar-refractivity contribution in [3.05, 3.63) is 48.5 Å². The van der Waals surface area contributed by atoms with Gasteiger partial charge in [-0.1, -0.05) is 24.3 Å². The van der Waals surface area contributed by atoms with Gasteiger partial charge in [-0.15, -0.1) is 12.6 Å². The number of para-hydroxylation sites is 3. The van der Waals surface area contributed by atoms with Crippen LogP contribution in [0.4, 0.5) is 0 Å². The van der Waals surface area contributed by atoms with E-state index < -0.39 is 0 Å². The van der Waals surface area contributed by atoms with Gasteiger partial charge in [-0.25, -0.2) is 0 Å². The molecule has 0 spiro atoms. The van der Waals surface area contributed by atoms with Crippen LogP contribution in [0.2, 0.25) is 0 Å². The van der Waals surface area contributed by atoms with Crippen molar-refractivity contribution in [2.24, 2.45) is 0 Å². The molecule has 2 aromatic carbocycles. The molecular formula is C13H10N2OS. The Kier molecular flexibility index (Phi) is 2.49. The maximum Gasteiger partial charge on any atom is 0.300 e. The van der Waals surface area contributed by atoms with E-state index in [9.17, 15) is 0 Å². The molecule has 0 bridgehead atoms. The Morgan fingerprint density at radius 2 is 1.76 bits per heavy atom. The number of imidazole rings is 1. The molecule has 0 saturated carbocycles. The average molecular weight is 242 g/mol. The smallest absolute Gasteiger partial charge is 0.300 e. The summed E-state index contributed by atoms with van der Waals surface area (Å²) in [5.74, 6) is 0.690. The maximum atomic E-state index is 5.65. The molecule has 3 aromatic rings. The third-order valence-corrected chi connectivity index (χ3v) is 2.81. The maximum absolute atomic E-state index is 5.65. The van der Waals surface area contributed by atoms with E-state index in [1.807, 2.05) is 48.5 Å². The minimum Gasteiger partial charge on any atom is -0.424 e. The van der Waals surface area contributed by atoms with Gasteiger partial charge >= 0.3 is 0 Å². The van der Waals surface area contributed by atoms with E-state index in [1.165, 1.54) is 0 Å². The number of benzene rings is 2. The Bertz CT molecular complexity index is 630. The molecule has 1 aromatic heterocycles. The number of fused-ring (bicyclic) bond motifs is 1. The zero-order chi connectivity index (χ0) is 11.7. The minimum absolute atomic E-state index is 0.479. The first kappa shape index (κ1) is 10.2. The predicted molar refractivity (Wildman–Crippen MR) is 69.9 cm³/mol. The minimum atomic E-state index is 0.479. The van der Waals surface area contributed by atoms with Crippen LogP contribution in [0.25, 0.3) is 11.0 Å². The fourth-order valence-electron chi connectivity index (χ4n) is 1.63. The van der Waals surface area contributed by atoms with Crippen molar-refractivity contribution in [3.63, 3.8) is 0 Å². The SMILES string of the molecule is Sc1ccccc1Oc1nc2ccccc2[nH]1. The van der Waals surface area contributed by atoms with Gasteiger partial charge in [-0.3, -0.25) is 0 Å². The molecule has 0 aliphatic rings. The number of hydrogen-bond donors (Lipinski definition) is 2. The van der Waals surface area contributed by atoms with Gasteiger partial charge in [0.05, 0.1) is 11.0 Å². The second-order valence-electron chi connectivity index (χ2n) is 3.63. The summed E-state index contributed by atoms with van der Waals surface area (Å²) in [6.45, 7) is 0. The largest absolute Gasteiger partial charge is 0.424 e. The van der Waals surface area contributed by atoms with Crippen molar-refractivity contribution < 1.29 is 4.74 Å². The Hall–Kier alpha value is -1.94. The number of hydrogen-bond acceptors (Lipinski definition) is 3. The van der Waals surface area contributed by atoms with Crippen molar-refractivity contribution in [1.82, 2.24) is 9.97 Å². The van der Waals surface area contributed by atoms with Gasteiger partial charge in [0.15, 0.2) is 0 Å². The summed E-state index contributed by atoms with van der Waals surface area (Å²) in [6.07, 6.45) is 0. The molecule has 3 nitrogen and oxygen atoms in total. The Morgan fingerprint density at radius 3 is 2.59 bits per heavy atom. The van der Waals surface area contributed by atoms with Crippen LogP contribution in [-0.4, -0.2) is 9.97 Å². The molecule has 1 N–H and O–H groups in total. The third-order valence-electron chi connectivity index (χ3n) is 2.44. The summed E-state index contributed by atoms with van der Waals surface area (Å²) in [5.41, 5.74) is 1.85. The summed E-state index contributed by atoms with van der Waals surface area (Å²) in [5, 5.41) is 0. The molecule has 0 unspecified atom stereocenters. The number of rotatable bonds is 2. The van der Waals surface area contributed by atoms with Crippen molar-refractivity contribution in [3.8, 4) is 11.8 Å². The third kappa shape index (κ3) is 1.99. The highest BCUT2D eigenvalue weighted by Crippen LogP contribution is 2.27. The van der Waals surface area contributed by atoms with E-state index in [4.69, 9.17) is 4.74 Å². The average Bonchev–Trinajstić information content (AvgIpc) is 2.74. The van der Waals surface area contributed by atoms with Crippen LogP contribution in [0.5, 0.6) is 11.8 Å². The molecule has 0 atom stereocenters. The number of aromatic nitrogens is 2. The van der Waals surface area contributed by atoms with Crippen LogP contribution < -0.4 is 4.74 Å². The van der Waals surface area contributed by atoms with Gasteiger partial charge in [0.25, 0.3) is 6.01 Å². The van der Waals surface area contributed by atoms with Crippen molar-refractivity contribution in [2.75, 3.05) is 0 Å². The van der Waals surface area contributed by atoms with Gasteiger partial charge < -0.3 is 9.72 Å². The number of nitrogens with one attached hydrogen (secondary N) is 1. The van der Waals surface area contributed by atoms with Gasteiger partial charge in [0.1, 0.15) is 5.75 Å². The molecule has 0 saturated heterocycles. The summed E-state index contributed by atoms with van der Waals surface area (Å²) >= 11 is 4.32. The van der Waals surface area contributed by atoms with Gasteiger partial charge in [-0.2, -0.15) is 4.98 Å². The van der Waals surface area contributed by atoms with Crippen molar-refractivity contribution in [2.45, 2.75) is 4.90 Å². The topological polar surface area (TPSA) is 37.9 Å². The normalized spacial score (nSPS) is 10.6. The summed E-state index contributed by atoms with van der Waals surface area (Å²) in [6, 6.07) is 15.8. The van der Waals surface area contributed by atoms with Gasteiger partial charge in [-0.05, 0) is 24.3 Å². The second kappa shape index (κ2) is 4.14. The molecule has 0 aliphatic heterocycles. The highest BCUT2D eigenvalue weighted by molar-refractivity contribution is 7.80. The lowest BCUT2D eigenvalue weighted by Crippen LogP contribution is -1.86. The van der Waals surface area contributed by atoms with Gasteiger partial charge in [0, 0.05) is 4.90 Å². The molecule has 3 rings (SSSR count). The first-order valence-electron chi connectivity index (χ1n) is 5.23. The van der Waals surface area contributed by atoms with Crippen molar-refractivity contribution >= 4 is 23.7 Å². The zero-order valence-electron chi connectivity index (χ0n) is 8.92. The highest BCUT2D eigenvalue weighted by Gasteiger charge is 2.05. The molecule has 0 fully saturated rings. The lowest BCUT2D eigenvalue weighted by atomic mass is 10.3. The van der Waals surface area contributed by atoms with E-state index in [0.29, 0.717) is 11.8 Å². The molecule has 4 heteroatoms. The van der Waals surface area contributed by atoms with Crippen LogP contribution in [0, 0.1) is 0 Å². The monoisotopic (exact) mass is 242 g/mol. The number of aromatic amines is 1. The van der Waals surface area contributed by atoms with E-state index in [0.717, 1.165) is 15.9 Å². The Labute approximate surface area is 104 Å². The van der Waals surface area contributed by atoms with Crippen LogP contribution >= 0.6 is 12.6 Å². The molecule has 0 radical (unpaired) electrons. The molecular weight excluding hydrogens is 232 g/mol. The quantitative estimate of drug-likeness (QED) is 0.673. The molecule has 84 valence electrons. The highest BCUT2D eigenvalue weighted by atomic mass is 32.1. The standard InChI is InChI=1S/C13H10N2OS/c17-12-8-4-3-7-11(12)16-13-14-9-5-1-2-6-10(9)15-13/h1-8,17H,(H,14,15). The lowest BCUT2D eigenvalue weighted by Gasteiger charge is -2.03. The van der Waals surface area contributed by atoms with Crippen LogP contribution in [0.15, 0.2) is 53.4 Å². The first-order chi connectivity index (χ1) is 8.33. The van der Waals surface area contributed by atoms with Crippen LogP contribution in [-0.2, 0) is 0 Å². The predicted octanol–water partition coefficient (Wildman–Crippen LogP) is 3.64. The Balaban J connectivity index is 1.98. The molecule has 0 aliphatic carbocycles. The van der Waals surface area contributed by atoms with Crippen LogP contribution in [0.3, 0.4) is 0 Å². The zero-order valence-corrected chi connectivity index (χ0v) is 9.82. The van der Waals surface area contributed by atoms with E-state index in [2.05, 4.69) is 22.6 Å². The molecule has 1 heterocycles. The molecule has 0 amide bonds. The lowest BCUT2D eigenvalue weighted by molar-refractivity contribution is 0.439. The van der Waals surface area contributed by atoms with E-state index >= 15 is 0 Å². The summed E-state index contributed by atoms with van der Waals surface area (Å²) in [4.78, 5) is 8.23. The number of H-pyrrole nitrogens is 1. The second-order valence-corrected chi connectivity index (χ2v) is 4.11. The fraction of sp³-hybridized carbons (Fsp3) is 0. The van der Waals surface area contributed by atoms with E-state index in [-0.39, 0.29) is 0 Å². The van der Waals surface area contributed by atoms with Gasteiger partial charge in [0.2, 0.25) is 0 Å². The fourth-order valence-corrected chi connectivity index (χ4v) is 1.83. The number of thiol groups is 1. The van der Waals surface area contributed by atoms with Crippen LogP contribution in [0.1, 0.15) is 0 Å². The van der Waals surface area contributed by atoms with E-state index in [1.54, 1.807) is 0 Å². The number of ether oxygens (including phenoxy) is 1. The first-order valence-corrected chi connectivity index (χ1v) is 5.68.